The monoisotopic (exact) mass is 489 g/mol. The fraction of sp³-hybridized carbons (Fsp3) is 0.667. The quantitative estimate of drug-likeness (QED) is 0.446. The average Bonchev–Trinajstić information content (AvgIpc) is 2.93. The SMILES string of the molecule is CCC(Cc1cccc(O)c1)C(C)OC(=O)C1CCCCN1C(=O)C1(O)OC(C)CCC(C)C1=O. The zero-order valence-electron chi connectivity index (χ0n) is 21.2. The summed E-state index contributed by atoms with van der Waals surface area (Å²) in [4.78, 5) is 40.9. The summed E-state index contributed by atoms with van der Waals surface area (Å²) in [7, 11) is 0. The van der Waals surface area contributed by atoms with E-state index in [0.717, 1.165) is 18.4 Å². The first-order valence-electron chi connectivity index (χ1n) is 12.8. The van der Waals surface area contributed by atoms with E-state index in [1.54, 1.807) is 32.0 Å². The molecule has 0 aliphatic carbocycles. The molecular formula is C27H39NO7. The van der Waals surface area contributed by atoms with E-state index in [4.69, 9.17) is 9.47 Å². The van der Waals surface area contributed by atoms with Gasteiger partial charge in [-0.1, -0.05) is 26.0 Å². The van der Waals surface area contributed by atoms with Crippen molar-refractivity contribution in [2.75, 3.05) is 6.54 Å². The Kier molecular flexibility index (Phi) is 8.94. The van der Waals surface area contributed by atoms with Crippen LogP contribution in [-0.2, 0) is 30.3 Å². The molecule has 8 nitrogen and oxygen atoms in total. The van der Waals surface area contributed by atoms with Gasteiger partial charge in [0.25, 0.3) is 5.91 Å². The van der Waals surface area contributed by atoms with Crippen LogP contribution in [-0.4, -0.2) is 63.4 Å². The summed E-state index contributed by atoms with van der Waals surface area (Å²) >= 11 is 0. The Morgan fingerprint density at radius 2 is 1.97 bits per heavy atom. The highest BCUT2D eigenvalue weighted by atomic mass is 16.6. The lowest BCUT2D eigenvalue weighted by Crippen LogP contribution is -2.62. The van der Waals surface area contributed by atoms with Gasteiger partial charge in [-0.3, -0.25) is 9.59 Å². The van der Waals surface area contributed by atoms with Gasteiger partial charge in [0.15, 0.2) is 0 Å². The number of phenolic OH excluding ortho intramolecular Hbond substituents is 1. The maximum absolute atomic E-state index is 13.5. The molecule has 0 aromatic heterocycles. The Bertz CT molecular complexity index is 919. The lowest BCUT2D eigenvalue weighted by molar-refractivity contribution is -0.227. The summed E-state index contributed by atoms with van der Waals surface area (Å²) < 4.78 is 11.4. The van der Waals surface area contributed by atoms with Crippen LogP contribution >= 0.6 is 0 Å². The summed E-state index contributed by atoms with van der Waals surface area (Å²) in [5, 5.41) is 20.9. The number of hydrogen-bond acceptors (Lipinski definition) is 7. The molecule has 6 unspecified atom stereocenters. The molecule has 8 heteroatoms. The number of hydrogen-bond donors (Lipinski definition) is 2. The molecule has 2 aliphatic rings. The Morgan fingerprint density at radius 3 is 2.66 bits per heavy atom. The maximum atomic E-state index is 13.5. The summed E-state index contributed by atoms with van der Waals surface area (Å²) in [5.41, 5.74) is 0.948. The van der Waals surface area contributed by atoms with Gasteiger partial charge >= 0.3 is 11.8 Å². The van der Waals surface area contributed by atoms with Crippen LogP contribution in [0.1, 0.15) is 71.8 Å². The fourth-order valence-electron chi connectivity index (χ4n) is 5.11. The number of piperidine rings is 1. The van der Waals surface area contributed by atoms with E-state index >= 15 is 0 Å². The summed E-state index contributed by atoms with van der Waals surface area (Å²) in [6.07, 6.45) is 3.38. The average molecular weight is 490 g/mol. The van der Waals surface area contributed by atoms with Crippen molar-refractivity contribution in [2.45, 2.75) is 96.7 Å². The number of phenols is 1. The number of rotatable bonds is 7. The zero-order valence-corrected chi connectivity index (χ0v) is 21.2. The molecule has 35 heavy (non-hydrogen) atoms. The van der Waals surface area contributed by atoms with Gasteiger partial charge in [0.1, 0.15) is 17.9 Å². The number of esters is 1. The second-order valence-corrected chi connectivity index (χ2v) is 10.1. The van der Waals surface area contributed by atoms with Crippen LogP contribution in [0.15, 0.2) is 24.3 Å². The minimum atomic E-state index is -2.59. The molecular weight excluding hydrogens is 450 g/mol. The number of Topliss-reactive ketones (excluding diaryl/α,β-unsaturated/α-hetero) is 1. The highest BCUT2D eigenvalue weighted by Crippen LogP contribution is 2.31. The zero-order chi connectivity index (χ0) is 25.8. The molecule has 3 rings (SSSR count). The van der Waals surface area contributed by atoms with Crippen LogP contribution in [0.2, 0.25) is 0 Å². The van der Waals surface area contributed by atoms with E-state index < -0.39 is 47.6 Å². The van der Waals surface area contributed by atoms with Crippen molar-refractivity contribution in [1.29, 1.82) is 0 Å². The van der Waals surface area contributed by atoms with Gasteiger partial charge in [-0.15, -0.1) is 0 Å². The number of ketones is 1. The topological polar surface area (TPSA) is 113 Å². The molecule has 2 aliphatic heterocycles. The van der Waals surface area contributed by atoms with Gasteiger partial charge in [-0.2, -0.15) is 0 Å². The first-order chi connectivity index (χ1) is 16.6. The Balaban J connectivity index is 1.73. The van der Waals surface area contributed by atoms with E-state index in [0.29, 0.717) is 32.1 Å². The van der Waals surface area contributed by atoms with Crippen molar-refractivity contribution in [3.05, 3.63) is 29.8 Å². The number of nitrogens with zero attached hydrogens (tertiary/aromatic N) is 1. The number of amides is 1. The molecule has 194 valence electrons. The van der Waals surface area contributed by atoms with Crippen LogP contribution in [0.4, 0.5) is 0 Å². The fourth-order valence-corrected chi connectivity index (χ4v) is 5.11. The summed E-state index contributed by atoms with van der Waals surface area (Å²) in [6, 6.07) is 6.13. The summed E-state index contributed by atoms with van der Waals surface area (Å²) in [6.45, 7) is 7.50. The number of aromatic hydroxyl groups is 1. The van der Waals surface area contributed by atoms with Crippen LogP contribution in [0.5, 0.6) is 5.75 Å². The van der Waals surface area contributed by atoms with E-state index in [1.165, 1.54) is 4.90 Å². The highest BCUT2D eigenvalue weighted by molar-refractivity contribution is 6.09. The van der Waals surface area contributed by atoms with E-state index in [9.17, 15) is 24.6 Å². The van der Waals surface area contributed by atoms with Crippen LogP contribution in [0, 0.1) is 11.8 Å². The van der Waals surface area contributed by atoms with Crippen molar-refractivity contribution >= 4 is 17.7 Å². The Morgan fingerprint density at radius 1 is 1.23 bits per heavy atom. The van der Waals surface area contributed by atoms with Gasteiger partial charge in [0, 0.05) is 12.5 Å². The predicted octanol–water partition coefficient (Wildman–Crippen LogP) is 3.37. The van der Waals surface area contributed by atoms with Crippen molar-refractivity contribution in [3.8, 4) is 5.75 Å². The first-order valence-corrected chi connectivity index (χ1v) is 12.8. The minimum absolute atomic E-state index is 0.0196. The van der Waals surface area contributed by atoms with Crippen molar-refractivity contribution in [2.24, 2.45) is 11.8 Å². The van der Waals surface area contributed by atoms with Crippen LogP contribution in [0.25, 0.3) is 0 Å². The standard InChI is InChI=1S/C27H39NO7/c1-5-21(15-20-9-8-10-22(29)16-20)19(4)34-25(31)23-11-6-7-14-28(23)26(32)27(33)24(30)17(2)12-13-18(3)35-27/h8-10,16-19,21,23,29,33H,5-7,11-15H2,1-4H3. The smallest absolute Gasteiger partial charge is 0.329 e. The van der Waals surface area contributed by atoms with Crippen LogP contribution < -0.4 is 0 Å². The number of benzene rings is 1. The predicted molar refractivity (Wildman–Crippen MR) is 129 cm³/mol. The van der Waals surface area contributed by atoms with Gasteiger partial charge in [-0.05, 0) is 82.4 Å². The van der Waals surface area contributed by atoms with Crippen molar-refractivity contribution in [3.63, 3.8) is 0 Å². The molecule has 2 fully saturated rings. The first kappa shape index (κ1) is 27.1. The molecule has 1 aromatic rings. The highest BCUT2D eigenvalue weighted by Gasteiger charge is 2.54. The third kappa shape index (κ3) is 6.22. The molecule has 2 N–H and O–H groups in total. The molecule has 0 saturated carbocycles. The third-order valence-corrected chi connectivity index (χ3v) is 7.38. The Labute approximate surface area is 207 Å². The third-order valence-electron chi connectivity index (χ3n) is 7.38. The second kappa shape index (κ2) is 11.5. The van der Waals surface area contributed by atoms with Gasteiger partial charge in [0.05, 0.1) is 6.10 Å². The Hall–Kier alpha value is -2.45. The number of ether oxygens (including phenoxy) is 2. The number of likely N-dealkylation sites (tertiary alicyclic amines) is 1. The maximum Gasteiger partial charge on any atom is 0.329 e. The van der Waals surface area contributed by atoms with Crippen molar-refractivity contribution in [1.82, 2.24) is 4.90 Å². The molecule has 0 bridgehead atoms. The number of carbonyl (C=O) groups is 3. The molecule has 6 atom stereocenters. The van der Waals surface area contributed by atoms with E-state index in [-0.39, 0.29) is 18.2 Å². The van der Waals surface area contributed by atoms with E-state index in [1.807, 2.05) is 19.9 Å². The molecule has 2 heterocycles. The van der Waals surface area contributed by atoms with Crippen molar-refractivity contribution < 1.29 is 34.1 Å². The molecule has 1 aromatic carbocycles. The van der Waals surface area contributed by atoms with Gasteiger partial charge in [0.2, 0.25) is 5.78 Å². The molecule has 0 spiro atoms. The lowest BCUT2D eigenvalue weighted by Gasteiger charge is -2.39. The summed E-state index contributed by atoms with van der Waals surface area (Å²) in [5.74, 6) is -4.96. The minimum Gasteiger partial charge on any atom is -0.508 e. The number of carbonyl (C=O) groups excluding carboxylic acids is 3. The molecule has 2 saturated heterocycles. The van der Waals surface area contributed by atoms with Crippen LogP contribution in [0.3, 0.4) is 0 Å². The van der Waals surface area contributed by atoms with Gasteiger partial charge < -0.3 is 24.6 Å². The molecule has 1 amide bonds. The van der Waals surface area contributed by atoms with E-state index in [2.05, 4.69) is 0 Å². The number of aliphatic hydroxyl groups is 1. The largest absolute Gasteiger partial charge is 0.508 e. The normalized spacial score (nSPS) is 29.2. The van der Waals surface area contributed by atoms with Gasteiger partial charge in [-0.25, -0.2) is 4.79 Å². The lowest BCUT2D eigenvalue weighted by atomic mass is 9.92. The molecule has 0 radical (unpaired) electrons. The second-order valence-electron chi connectivity index (χ2n) is 10.1.